The van der Waals surface area contributed by atoms with Gasteiger partial charge in [-0.2, -0.15) is 0 Å². The number of nitrogens with one attached hydrogen (secondary N) is 1. The normalized spacial score (nSPS) is 14.8. The van der Waals surface area contributed by atoms with Crippen LogP contribution in [0.4, 0.5) is 14.9 Å². The summed E-state index contributed by atoms with van der Waals surface area (Å²) in [5.41, 5.74) is 0.380. The third kappa shape index (κ3) is 3.59. The molecule has 5 heteroatoms. The van der Waals surface area contributed by atoms with Gasteiger partial charge in [0.2, 0.25) is 0 Å². The molecule has 2 rings (SSSR count). The lowest BCUT2D eigenvalue weighted by Crippen LogP contribution is -2.32. The second-order valence-electron chi connectivity index (χ2n) is 4.93. The van der Waals surface area contributed by atoms with Crippen LogP contribution in [0.1, 0.15) is 26.7 Å². The van der Waals surface area contributed by atoms with E-state index in [2.05, 4.69) is 5.32 Å². The van der Waals surface area contributed by atoms with Crippen molar-refractivity contribution in [1.82, 2.24) is 4.90 Å². The largest absolute Gasteiger partial charge is 0.489 e. The monoisotopic (exact) mass is 266 g/mol. The second kappa shape index (κ2) is 5.91. The van der Waals surface area contributed by atoms with Crippen molar-refractivity contribution in [3.05, 3.63) is 24.0 Å². The van der Waals surface area contributed by atoms with Crippen LogP contribution < -0.4 is 10.1 Å². The summed E-state index contributed by atoms with van der Waals surface area (Å²) in [6.45, 7) is 5.27. The SMILES string of the molecule is CC(C)Oc1ccc(F)cc1NC(=O)N1CCCC1. The van der Waals surface area contributed by atoms with Gasteiger partial charge >= 0.3 is 6.03 Å². The van der Waals surface area contributed by atoms with E-state index in [1.54, 1.807) is 4.90 Å². The number of halogens is 1. The minimum Gasteiger partial charge on any atom is -0.489 e. The number of rotatable bonds is 3. The van der Waals surface area contributed by atoms with Gasteiger partial charge in [-0.3, -0.25) is 0 Å². The van der Waals surface area contributed by atoms with E-state index in [1.165, 1.54) is 18.2 Å². The second-order valence-corrected chi connectivity index (χ2v) is 4.93. The highest BCUT2D eigenvalue weighted by Gasteiger charge is 2.19. The molecule has 0 unspecified atom stereocenters. The molecule has 1 heterocycles. The highest BCUT2D eigenvalue weighted by molar-refractivity contribution is 5.91. The quantitative estimate of drug-likeness (QED) is 0.912. The number of ether oxygens (including phenoxy) is 1. The summed E-state index contributed by atoms with van der Waals surface area (Å²) >= 11 is 0. The van der Waals surface area contributed by atoms with Crippen LogP contribution >= 0.6 is 0 Å². The molecular formula is C14H19FN2O2. The Morgan fingerprint density at radius 2 is 2.05 bits per heavy atom. The van der Waals surface area contributed by atoms with Crippen molar-refractivity contribution in [3.8, 4) is 5.75 Å². The van der Waals surface area contributed by atoms with Crippen molar-refractivity contribution in [3.63, 3.8) is 0 Å². The molecule has 1 aromatic rings. The molecular weight excluding hydrogens is 247 g/mol. The number of likely N-dealkylation sites (tertiary alicyclic amines) is 1. The molecule has 1 aromatic carbocycles. The number of carbonyl (C=O) groups excluding carboxylic acids is 1. The maximum atomic E-state index is 13.3. The summed E-state index contributed by atoms with van der Waals surface area (Å²) in [5.74, 6) is 0.0942. The van der Waals surface area contributed by atoms with Gasteiger partial charge in [0.15, 0.2) is 0 Å². The molecule has 0 spiro atoms. The fourth-order valence-corrected chi connectivity index (χ4v) is 2.07. The van der Waals surface area contributed by atoms with Gasteiger partial charge in [0.05, 0.1) is 11.8 Å². The molecule has 19 heavy (non-hydrogen) atoms. The number of anilines is 1. The lowest BCUT2D eigenvalue weighted by molar-refractivity contribution is 0.221. The highest BCUT2D eigenvalue weighted by Crippen LogP contribution is 2.27. The van der Waals surface area contributed by atoms with Crippen molar-refractivity contribution < 1.29 is 13.9 Å². The molecule has 1 saturated heterocycles. The Morgan fingerprint density at radius 3 is 2.68 bits per heavy atom. The van der Waals surface area contributed by atoms with Crippen molar-refractivity contribution in [2.75, 3.05) is 18.4 Å². The molecule has 1 N–H and O–H groups in total. The third-order valence-corrected chi connectivity index (χ3v) is 2.94. The molecule has 1 aliphatic heterocycles. The Kier molecular flexibility index (Phi) is 4.24. The predicted molar refractivity (Wildman–Crippen MR) is 72.0 cm³/mol. The van der Waals surface area contributed by atoms with Gasteiger partial charge in [0, 0.05) is 19.2 Å². The number of nitrogens with zero attached hydrogens (tertiary/aromatic N) is 1. The maximum Gasteiger partial charge on any atom is 0.321 e. The topological polar surface area (TPSA) is 41.6 Å². The van der Waals surface area contributed by atoms with Crippen molar-refractivity contribution >= 4 is 11.7 Å². The molecule has 104 valence electrons. The molecule has 1 aliphatic rings. The zero-order valence-electron chi connectivity index (χ0n) is 11.3. The van der Waals surface area contributed by atoms with Gasteiger partial charge < -0.3 is 15.0 Å². The highest BCUT2D eigenvalue weighted by atomic mass is 19.1. The van der Waals surface area contributed by atoms with E-state index < -0.39 is 5.82 Å². The van der Waals surface area contributed by atoms with E-state index >= 15 is 0 Å². The Morgan fingerprint density at radius 1 is 1.37 bits per heavy atom. The van der Waals surface area contributed by atoms with Crippen LogP contribution in [0.2, 0.25) is 0 Å². The first-order chi connectivity index (χ1) is 9.06. The first-order valence-electron chi connectivity index (χ1n) is 6.58. The van der Waals surface area contributed by atoms with Gasteiger partial charge in [0.25, 0.3) is 0 Å². The number of benzene rings is 1. The minimum atomic E-state index is -0.396. The van der Waals surface area contributed by atoms with Gasteiger partial charge in [-0.25, -0.2) is 9.18 Å². The zero-order valence-corrected chi connectivity index (χ0v) is 11.3. The summed E-state index contributed by atoms with van der Waals surface area (Å²) in [5, 5.41) is 2.72. The zero-order chi connectivity index (χ0) is 13.8. The molecule has 0 aliphatic carbocycles. The van der Waals surface area contributed by atoms with E-state index in [1.807, 2.05) is 13.8 Å². The molecule has 0 atom stereocenters. The summed E-state index contributed by atoms with van der Waals surface area (Å²) in [6.07, 6.45) is 2.01. The molecule has 0 saturated carbocycles. The van der Waals surface area contributed by atoms with Crippen LogP contribution in [0.25, 0.3) is 0 Å². The lowest BCUT2D eigenvalue weighted by atomic mass is 10.2. The summed E-state index contributed by atoms with van der Waals surface area (Å²) in [6, 6.07) is 3.95. The fourth-order valence-electron chi connectivity index (χ4n) is 2.07. The van der Waals surface area contributed by atoms with E-state index in [0.717, 1.165) is 25.9 Å². The molecule has 0 radical (unpaired) electrons. The first kappa shape index (κ1) is 13.6. The number of hydrogen-bond donors (Lipinski definition) is 1. The number of carbonyl (C=O) groups is 1. The van der Waals surface area contributed by atoms with E-state index in [0.29, 0.717) is 11.4 Å². The van der Waals surface area contributed by atoms with E-state index in [4.69, 9.17) is 4.74 Å². The van der Waals surface area contributed by atoms with Crippen LogP contribution in [-0.2, 0) is 0 Å². The molecule has 0 bridgehead atoms. The smallest absolute Gasteiger partial charge is 0.321 e. The van der Waals surface area contributed by atoms with Crippen LogP contribution in [-0.4, -0.2) is 30.1 Å². The van der Waals surface area contributed by atoms with Crippen LogP contribution in [0.15, 0.2) is 18.2 Å². The van der Waals surface area contributed by atoms with Crippen molar-refractivity contribution in [2.24, 2.45) is 0 Å². The van der Waals surface area contributed by atoms with Crippen molar-refractivity contribution in [2.45, 2.75) is 32.8 Å². The average molecular weight is 266 g/mol. The van der Waals surface area contributed by atoms with Crippen molar-refractivity contribution in [1.29, 1.82) is 0 Å². The standard InChI is InChI=1S/C14H19FN2O2/c1-10(2)19-13-6-5-11(15)9-12(13)16-14(18)17-7-3-4-8-17/h5-6,9-10H,3-4,7-8H2,1-2H3,(H,16,18). The van der Waals surface area contributed by atoms with E-state index in [9.17, 15) is 9.18 Å². The van der Waals surface area contributed by atoms with Gasteiger partial charge in [-0.05, 0) is 38.8 Å². The Labute approximate surface area is 112 Å². The van der Waals surface area contributed by atoms with Gasteiger partial charge in [0.1, 0.15) is 11.6 Å². The number of amides is 2. The Balaban J connectivity index is 2.12. The summed E-state index contributed by atoms with van der Waals surface area (Å²) < 4.78 is 18.9. The number of hydrogen-bond acceptors (Lipinski definition) is 2. The fraction of sp³-hybridized carbons (Fsp3) is 0.500. The lowest BCUT2D eigenvalue weighted by Gasteiger charge is -2.19. The van der Waals surface area contributed by atoms with Crippen LogP contribution in [0.5, 0.6) is 5.75 Å². The average Bonchev–Trinajstić information content (AvgIpc) is 2.86. The summed E-state index contributed by atoms with van der Waals surface area (Å²) in [7, 11) is 0. The molecule has 1 fully saturated rings. The van der Waals surface area contributed by atoms with Crippen LogP contribution in [0, 0.1) is 5.82 Å². The Bertz CT molecular complexity index is 457. The molecule has 4 nitrogen and oxygen atoms in total. The maximum absolute atomic E-state index is 13.3. The Hall–Kier alpha value is -1.78. The number of urea groups is 1. The predicted octanol–water partition coefficient (Wildman–Crippen LogP) is 3.24. The summed E-state index contributed by atoms with van der Waals surface area (Å²) in [4.78, 5) is 13.7. The third-order valence-electron chi connectivity index (χ3n) is 2.94. The first-order valence-corrected chi connectivity index (χ1v) is 6.58. The van der Waals surface area contributed by atoms with Gasteiger partial charge in [-0.1, -0.05) is 0 Å². The van der Waals surface area contributed by atoms with Crippen LogP contribution in [0.3, 0.4) is 0 Å². The van der Waals surface area contributed by atoms with Gasteiger partial charge in [-0.15, -0.1) is 0 Å². The molecule has 2 amide bonds. The molecule has 0 aromatic heterocycles. The minimum absolute atomic E-state index is 0.0344. The van der Waals surface area contributed by atoms with E-state index in [-0.39, 0.29) is 12.1 Å².